The van der Waals surface area contributed by atoms with Crippen LogP contribution in [0.1, 0.15) is 12.6 Å². The van der Waals surface area contributed by atoms with Gasteiger partial charge in [0.15, 0.2) is 17.7 Å². The third-order valence-electron chi connectivity index (χ3n) is 3.72. The van der Waals surface area contributed by atoms with E-state index in [1.165, 1.54) is 12.7 Å². The molecular formula is C13H15N5O3. The van der Waals surface area contributed by atoms with Gasteiger partial charge >= 0.3 is 0 Å². The van der Waals surface area contributed by atoms with Crippen molar-refractivity contribution in [2.45, 2.75) is 24.9 Å². The SMILES string of the molecule is C#CC[C@H]1[C@@H](O)[C@H](n2cnc3c(N)ncnc32)O[C@@H]1CO. The molecule has 0 saturated carbocycles. The second-order valence-electron chi connectivity index (χ2n) is 4.89. The van der Waals surface area contributed by atoms with E-state index in [4.69, 9.17) is 16.9 Å². The van der Waals surface area contributed by atoms with Gasteiger partial charge in [-0.3, -0.25) is 4.57 Å². The third kappa shape index (κ3) is 2.12. The number of rotatable bonds is 3. The van der Waals surface area contributed by atoms with E-state index in [9.17, 15) is 10.2 Å². The molecule has 3 rings (SSSR count). The normalized spacial score (nSPS) is 28.8. The Hall–Kier alpha value is -2.21. The fraction of sp³-hybridized carbons (Fsp3) is 0.462. The van der Waals surface area contributed by atoms with E-state index in [-0.39, 0.29) is 18.3 Å². The summed E-state index contributed by atoms with van der Waals surface area (Å²) in [5, 5.41) is 19.8. The number of nitrogens with zero attached hydrogens (tertiary/aromatic N) is 4. The van der Waals surface area contributed by atoms with Crippen LogP contribution in [0.3, 0.4) is 0 Å². The Labute approximate surface area is 120 Å². The number of fused-ring (bicyclic) bond motifs is 1. The summed E-state index contributed by atoms with van der Waals surface area (Å²) in [5.41, 5.74) is 6.64. The van der Waals surface area contributed by atoms with Gasteiger partial charge in [0.25, 0.3) is 0 Å². The van der Waals surface area contributed by atoms with Crippen LogP contribution in [0.4, 0.5) is 5.82 Å². The van der Waals surface area contributed by atoms with Crippen molar-refractivity contribution in [1.82, 2.24) is 19.5 Å². The molecule has 110 valence electrons. The van der Waals surface area contributed by atoms with Crippen molar-refractivity contribution in [3.63, 3.8) is 0 Å². The van der Waals surface area contributed by atoms with Gasteiger partial charge in [0.05, 0.1) is 19.0 Å². The average Bonchev–Trinajstić information content (AvgIpc) is 3.03. The number of terminal acetylenes is 1. The average molecular weight is 289 g/mol. The number of anilines is 1. The van der Waals surface area contributed by atoms with Gasteiger partial charge in [0.2, 0.25) is 0 Å². The van der Waals surface area contributed by atoms with Crippen molar-refractivity contribution in [2.75, 3.05) is 12.3 Å². The van der Waals surface area contributed by atoms with E-state index >= 15 is 0 Å². The maximum atomic E-state index is 10.4. The minimum absolute atomic E-state index is 0.219. The summed E-state index contributed by atoms with van der Waals surface area (Å²) in [6.07, 6.45) is 6.30. The molecule has 1 fully saturated rings. The number of hydrogen-bond donors (Lipinski definition) is 3. The Balaban J connectivity index is 2.00. The number of aliphatic hydroxyl groups is 2. The van der Waals surface area contributed by atoms with Crippen LogP contribution in [-0.4, -0.2) is 48.5 Å². The molecule has 21 heavy (non-hydrogen) atoms. The van der Waals surface area contributed by atoms with Crippen LogP contribution >= 0.6 is 0 Å². The molecule has 4 N–H and O–H groups in total. The lowest BCUT2D eigenvalue weighted by Gasteiger charge is -2.17. The molecule has 1 saturated heterocycles. The monoisotopic (exact) mass is 289 g/mol. The van der Waals surface area contributed by atoms with Crippen LogP contribution in [0.5, 0.6) is 0 Å². The molecule has 0 unspecified atom stereocenters. The number of hydrogen-bond acceptors (Lipinski definition) is 7. The first-order valence-corrected chi connectivity index (χ1v) is 6.48. The lowest BCUT2D eigenvalue weighted by Crippen LogP contribution is -2.27. The molecule has 3 heterocycles. The van der Waals surface area contributed by atoms with E-state index in [0.717, 1.165) is 0 Å². The topological polar surface area (TPSA) is 119 Å². The number of imidazole rings is 1. The van der Waals surface area contributed by atoms with Gasteiger partial charge in [0.1, 0.15) is 17.9 Å². The molecule has 0 amide bonds. The first-order chi connectivity index (χ1) is 10.2. The van der Waals surface area contributed by atoms with Crippen molar-refractivity contribution in [3.05, 3.63) is 12.7 Å². The highest BCUT2D eigenvalue weighted by Gasteiger charge is 2.44. The van der Waals surface area contributed by atoms with Crippen LogP contribution in [0, 0.1) is 18.3 Å². The molecule has 8 heteroatoms. The molecule has 0 aromatic carbocycles. The summed E-state index contributed by atoms with van der Waals surface area (Å²) in [4.78, 5) is 12.1. The van der Waals surface area contributed by atoms with Crippen LogP contribution < -0.4 is 5.73 Å². The fourth-order valence-corrected chi connectivity index (χ4v) is 2.64. The Morgan fingerprint density at radius 2 is 2.24 bits per heavy atom. The smallest absolute Gasteiger partial charge is 0.167 e. The van der Waals surface area contributed by atoms with Crippen molar-refractivity contribution >= 4 is 17.0 Å². The number of ether oxygens (including phenoxy) is 1. The van der Waals surface area contributed by atoms with Crippen molar-refractivity contribution in [1.29, 1.82) is 0 Å². The van der Waals surface area contributed by atoms with Gasteiger partial charge < -0.3 is 20.7 Å². The number of aliphatic hydroxyl groups excluding tert-OH is 2. The molecular weight excluding hydrogens is 274 g/mol. The van der Waals surface area contributed by atoms with Crippen LogP contribution in [0.25, 0.3) is 11.2 Å². The number of nitrogens with two attached hydrogens (primary N) is 1. The van der Waals surface area contributed by atoms with E-state index in [2.05, 4.69) is 20.9 Å². The Morgan fingerprint density at radius 3 is 2.95 bits per heavy atom. The lowest BCUT2D eigenvalue weighted by molar-refractivity contribution is -0.0492. The minimum atomic E-state index is -0.869. The summed E-state index contributed by atoms with van der Waals surface area (Å²) in [5.74, 6) is 2.40. The fourth-order valence-electron chi connectivity index (χ4n) is 2.64. The first-order valence-electron chi connectivity index (χ1n) is 6.48. The first kappa shape index (κ1) is 13.8. The van der Waals surface area contributed by atoms with Crippen molar-refractivity contribution in [3.8, 4) is 12.3 Å². The molecule has 1 aliphatic rings. The van der Waals surface area contributed by atoms with E-state index < -0.39 is 18.4 Å². The summed E-state index contributed by atoms with van der Waals surface area (Å²) in [6, 6.07) is 0. The van der Waals surface area contributed by atoms with Gasteiger partial charge in [-0.2, -0.15) is 0 Å². The highest BCUT2D eigenvalue weighted by Crippen LogP contribution is 2.37. The summed E-state index contributed by atoms with van der Waals surface area (Å²) in [6.45, 7) is -0.219. The van der Waals surface area contributed by atoms with Crippen molar-refractivity contribution < 1.29 is 14.9 Å². The largest absolute Gasteiger partial charge is 0.394 e. The highest BCUT2D eigenvalue weighted by molar-refractivity contribution is 5.81. The highest BCUT2D eigenvalue weighted by atomic mass is 16.5. The Morgan fingerprint density at radius 1 is 1.43 bits per heavy atom. The van der Waals surface area contributed by atoms with E-state index in [0.29, 0.717) is 17.6 Å². The summed E-state index contributed by atoms with van der Waals surface area (Å²) < 4.78 is 7.29. The predicted octanol–water partition coefficient (Wildman–Crippen LogP) is -0.701. The van der Waals surface area contributed by atoms with E-state index in [1.807, 2.05) is 0 Å². The molecule has 0 radical (unpaired) electrons. The molecule has 0 aliphatic carbocycles. The Bertz CT molecular complexity index is 695. The Kier molecular flexibility index (Phi) is 3.47. The van der Waals surface area contributed by atoms with Gasteiger partial charge in [-0.1, -0.05) is 0 Å². The molecule has 0 bridgehead atoms. The van der Waals surface area contributed by atoms with Gasteiger partial charge in [0, 0.05) is 12.3 Å². The van der Waals surface area contributed by atoms with Gasteiger partial charge in [-0.25, -0.2) is 15.0 Å². The molecule has 2 aromatic heterocycles. The maximum absolute atomic E-state index is 10.4. The zero-order valence-electron chi connectivity index (χ0n) is 11.1. The molecule has 0 spiro atoms. The second-order valence-corrected chi connectivity index (χ2v) is 4.89. The zero-order chi connectivity index (χ0) is 15.0. The minimum Gasteiger partial charge on any atom is -0.394 e. The lowest BCUT2D eigenvalue weighted by atomic mass is 9.95. The van der Waals surface area contributed by atoms with Crippen LogP contribution in [-0.2, 0) is 4.74 Å². The number of nitrogen functional groups attached to an aromatic ring is 1. The molecule has 4 atom stereocenters. The molecule has 1 aliphatic heterocycles. The zero-order valence-corrected chi connectivity index (χ0v) is 11.1. The maximum Gasteiger partial charge on any atom is 0.167 e. The van der Waals surface area contributed by atoms with Gasteiger partial charge in [-0.15, -0.1) is 12.3 Å². The molecule has 2 aromatic rings. The summed E-state index contributed by atoms with van der Waals surface area (Å²) >= 11 is 0. The van der Waals surface area contributed by atoms with Crippen molar-refractivity contribution in [2.24, 2.45) is 5.92 Å². The third-order valence-corrected chi connectivity index (χ3v) is 3.72. The van der Waals surface area contributed by atoms with Crippen LogP contribution in [0.15, 0.2) is 12.7 Å². The standard InChI is InChI=1S/C13H15N5O3/c1-2-3-7-8(4-19)21-13(10(7)20)18-6-17-9-11(14)15-5-16-12(9)18/h1,5-8,10,13,19-20H,3-4H2,(H2,14,15,16)/t7-,8-,10-,13-/m1/s1. The predicted molar refractivity (Wildman–Crippen MR) is 73.7 cm³/mol. The van der Waals surface area contributed by atoms with Crippen LogP contribution in [0.2, 0.25) is 0 Å². The second kappa shape index (κ2) is 5.29. The van der Waals surface area contributed by atoms with Gasteiger partial charge in [-0.05, 0) is 0 Å². The van der Waals surface area contributed by atoms with E-state index in [1.54, 1.807) is 4.57 Å². The molecule has 8 nitrogen and oxygen atoms in total. The quantitative estimate of drug-likeness (QED) is 0.639. The number of aromatic nitrogens is 4. The summed E-state index contributed by atoms with van der Waals surface area (Å²) in [7, 11) is 0.